The summed E-state index contributed by atoms with van der Waals surface area (Å²) in [6.07, 6.45) is 11.7. The van der Waals surface area contributed by atoms with Crippen LogP contribution in [0.5, 0.6) is 0 Å². The lowest BCUT2D eigenvalue weighted by Crippen LogP contribution is -2.08. The monoisotopic (exact) mass is 203 g/mol. The van der Waals surface area contributed by atoms with Gasteiger partial charge in [-0.15, -0.1) is 0 Å². The SMILES string of the molecule is Cc1ccc(=S)n(C2C=CC=CC2)c1. The Morgan fingerprint density at radius 2 is 2.21 bits per heavy atom. The van der Waals surface area contributed by atoms with E-state index in [0.29, 0.717) is 6.04 Å². The molecule has 0 N–H and O–H groups in total. The zero-order valence-corrected chi connectivity index (χ0v) is 9.00. The van der Waals surface area contributed by atoms with E-state index >= 15 is 0 Å². The molecule has 1 nitrogen and oxygen atoms in total. The molecule has 1 heterocycles. The van der Waals surface area contributed by atoms with E-state index in [-0.39, 0.29) is 0 Å². The summed E-state index contributed by atoms with van der Waals surface area (Å²) in [5.74, 6) is 0. The molecule has 2 rings (SSSR count). The summed E-state index contributed by atoms with van der Waals surface area (Å²) in [4.78, 5) is 0. The zero-order chi connectivity index (χ0) is 9.97. The van der Waals surface area contributed by atoms with Crippen LogP contribution in [0.2, 0.25) is 0 Å². The number of hydrogen-bond donors (Lipinski definition) is 0. The van der Waals surface area contributed by atoms with Crippen molar-refractivity contribution in [3.63, 3.8) is 0 Å². The van der Waals surface area contributed by atoms with Gasteiger partial charge in [-0.2, -0.15) is 0 Å². The lowest BCUT2D eigenvalue weighted by Gasteiger charge is -2.18. The van der Waals surface area contributed by atoms with Crippen molar-refractivity contribution in [1.82, 2.24) is 4.57 Å². The fraction of sp³-hybridized carbons (Fsp3) is 0.250. The van der Waals surface area contributed by atoms with E-state index in [1.54, 1.807) is 0 Å². The van der Waals surface area contributed by atoms with E-state index in [0.717, 1.165) is 11.1 Å². The summed E-state index contributed by atoms with van der Waals surface area (Å²) in [5, 5.41) is 0. The first kappa shape index (κ1) is 9.41. The summed E-state index contributed by atoms with van der Waals surface area (Å²) in [6.45, 7) is 2.09. The predicted molar refractivity (Wildman–Crippen MR) is 61.9 cm³/mol. The number of hydrogen-bond acceptors (Lipinski definition) is 1. The molecule has 0 spiro atoms. The van der Waals surface area contributed by atoms with Gasteiger partial charge in [-0.25, -0.2) is 0 Å². The van der Waals surface area contributed by atoms with Crippen LogP contribution in [-0.4, -0.2) is 4.57 Å². The average Bonchev–Trinajstić information content (AvgIpc) is 2.23. The van der Waals surface area contributed by atoms with Gasteiger partial charge in [0.25, 0.3) is 0 Å². The first-order valence-electron chi connectivity index (χ1n) is 4.79. The number of allylic oxidation sites excluding steroid dienone is 4. The molecular weight excluding hydrogens is 190 g/mol. The van der Waals surface area contributed by atoms with Crippen molar-refractivity contribution >= 4 is 12.2 Å². The van der Waals surface area contributed by atoms with E-state index in [1.807, 2.05) is 6.07 Å². The summed E-state index contributed by atoms with van der Waals surface area (Å²) in [5.41, 5.74) is 1.25. The van der Waals surface area contributed by atoms with Crippen LogP contribution in [0.1, 0.15) is 18.0 Å². The molecule has 0 saturated carbocycles. The highest BCUT2D eigenvalue weighted by atomic mass is 32.1. The lowest BCUT2D eigenvalue weighted by molar-refractivity contribution is 0.594. The number of aromatic nitrogens is 1. The van der Waals surface area contributed by atoms with Crippen LogP contribution in [0.4, 0.5) is 0 Å². The van der Waals surface area contributed by atoms with Crippen molar-refractivity contribution in [2.45, 2.75) is 19.4 Å². The van der Waals surface area contributed by atoms with Crippen LogP contribution in [0.3, 0.4) is 0 Å². The van der Waals surface area contributed by atoms with Gasteiger partial charge in [0.05, 0.1) is 6.04 Å². The number of nitrogens with zero attached hydrogens (tertiary/aromatic N) is 1. The highest BCUT2D eigenvalue weighted by molar-refractivity contribution is 7.71. The molecule has 1 aromatic heterocycles. The third-order valence-electron chi connectivity index (χ3n) is 2.40. The summed E-state index contributed by atoms with van der Waals surface area (Å²) >= 11 is 5.30. The quantitative estimate of drug-likeness (QED) is 0.631. The maximum absolute atomic E-state index is 5.30. The molecule has 0 saturated heterocycles. The second-order valence-electron chi connectivity index (χ2n) is 3.57. The largest absolute Gasteiger partial charge is 0.332 e. The van der Waals surface area contributed by atoms with E-state index in [2.05, 4.69) is 48.1 Å². The topological polar surface area (TPSA) is 4.93 Å². The second kappa shape index (κ2) is 3.93. The van der Waals surface area contributed by atoms with Crippen molar-refractivity contribution in [2.24, 2.45) is 0 Å². The molecular formula is C12H13NS. The molecule has 0 fully saturated rings. The minimum atomic E-state index is 0.396. The summed E-state index contributed by atoms with van der Waals surface area (Å²) in [6, 6.07) is 4.45. The van der Waals surface area contributed by atoms with E-state index in [4.69, 9.17) is 12.2 Å². The van der Waals surface area contributed by atoms with E-state index in [1.165, 1.54) is 5.56 Å². The third kappa shape index (κ3) is 1.85. The molecule has 1 atom stereocenters. The summed E-state index contributed by atoms with van der Waals surface area (Å²) in [7, 11) is 0. The molecule has 0 radical (unpaired) electrons. The number of rotatable bonds is 1. The predicted octanol–water partition coefficient (Wildman–Crippen LogP) is 3.58. The average molecular weight is 203 g/mol. The molecule has 1 aliphatic carbocycles. The fourth-order valence-corrected chi connectivity index (χ4v) is 1.90. The highest BCUT2D eigenvalue weighted by Crippen LogP contribution is 2.18. The summed E-state index contributed by atoms with van der Waals surface area (Å²) < 4.78 is 3.06. The van der Waals surface area contributed by atoms with Crippen molar-refractivity contribution in [2.75, 3.05) is 0 Å². The third-order valence-corrected chi connectivity index (χ3v) is 2.75. The van der Waals surface area contributed by atoms with Crippen LogP contribution in [0.15, 0.2) is 42.6 Å². The molecule has 0 bridgehead atoms. The highest BCUT2D eigenvalue weighted by Gasteiger charge is 2.06. The van der Waals surface area contributed by atoms with Gasteiger partial charge < -0.3 is 4.57 Å². The first-order chi connectivity index (χ1) is 6.77. The maximum Gasteiger partial charge on any atom is 0.106 e. The van der Waals surface area contributed by atoms with Crippen molar-refractivity contribution in [1.29, 1.82) is 0 Å². The van der Waals surface area contributed by atoms with Gasteiger partial charge in [-0.05, 0) is 25.0 Å². The molecule has 1 aliphatic rings. The van der Waals surface area contributed by atoms with Gasteiger partial charge in [0, 0.05) is 6.20 Å². The van der Waals surface area contributed by atoms with Crippen molar-refractivity contribution in [3.05, 3.63) is 52.8 Å². The van der Waals surface area contributed by atoms with Crippen molar-refractivity contribution in [3.8, 4) is 0 Å². The Morgan fingerprint density at radius 1 is 1.36 bits per heavy atom. The zero-order valence-electron chi connectivity index (χ0n) is 8.18. The Balaban J connectivity index is 2.40. The molecule has 0 aliphatic heterocycles. The van der Waals surface area contributed by atoms with Crippen LogP contribution < -0.4 is 0 Å². The van der Waals surface area contributed by atoms with Gasteiger partial charge in [0.2, 0.25) is 0 Å². The number of aryl methyl sites for hydroxylation is 1. The Labute approximate surface area is 89.4 Å². The molecule has 2 heteroatoms. The maximum atomic E-state index is 5.30. The van der Waals surface area contributed by atoms with Crippen LogP contribution in [0, 0.1) is 11.6 Å². The van der Waals surface area contributed by atoms with Gasteiger partial charge in [0.1, 0.15) is 4.64 Å². The Kier molecular flexibility index (Phi) is 2.64. The standard InChI is InChI=1S/C12H13NS/c1-10-7-8-12(14)13(9-10)11-5-3-2-4-6-11/h2-5,7-9,11H,6H2,1H3. The molecule has 0 amide bonds. The molecule has 0 aromatic carbocycles. The first-order valence-corrected chi connectivity index (χ1v) is 5.20. The van der Waals surface area contributed by atoms with E-state index in [9.17, 15) is 0 Å². The molecule has 1 unspecified atom stereocenters. The Hall–Kier alpha value is -1.15. The van der Waals surface area contributed by atoms with Crippen LogP contribution in [-0.2, 0) is 0 Å². The lowest BCUT2D eigenvalue weighted by atomic mass is 10.1. The van der Waals surface area contributed by atoms with Gasteiger partial charge in [0.15, 0.2) is 0 Å². The minimum absolute atomic E-state index is 0.396. The Bertz CT molecular complexity index is 440. The minimum Gasteiger partial charge on any atom is -0.332 e. The Morgan fingerprint density at radius 3 is 2.93 bits per heavy atom. The van der Waals surface area contributed by atoms with Gasteiger partial charge in [-0.1, -0.05) is 42.6 Å². The normalized spacial score (nSPS) is 19.9. The number of pyridine rings is 1. The van der Waals surface area contributed by atoms with Crippen LogP contribution in [0.25, 0.3) is 0 Å². The molecule has 1 aromatic rings. The van der Waals surface area contributed by atoms with Gasteiger partial charge in [-0.3, -0.25) is 0 Å². The molecule has 14 heavy (non-hydrogen) atoms. The van der Waals surface area contributed by atoms with Crippen LogP contribution >= 0.6 is 12.2 Å². The molecule has 72 valence electrons. The second-order valence-corrected chi connectivity index (χ2v) is 3.99. The van der Waals surface area contributed by atoms with Gasteiger partial charge >= 0.3 is 0 Å². The van der Waals surface area contributed by atoms with E-state index < -0.39 is 0 Å². The fourth-order valence-electron chi connectivity index (χ4n) is 1.65. The smallest absolute Gasteiger partial charge is 0.106 e. The van der Waals surface area contributed by atoms with Crippen molar-refractivity contribution < 1.29 is 0 Å².